The number of aromatic hydroxyl groups is 1. The molecule has 0 aliphatic rings. The van der Waals surface area contributed by atoms with E-state index in [2.05, 4.69) is 10.6 Å². The Hall–Kier alpha value is -1.55. The van der Waals surface area contributed by atoms with Crippen molar-refractivity contribution in [1.82, 2.24) is 5.32 Å². The Morgan fingerprint density at radius 2 is 2.00 bits per heavy atom. The minimum absolute atomic E-state index is 0.0749. The number of nitrogens with one attached hydrogen (secondary N) is 2. The third-order valence-electron chi connectivity index (χ3n) is 2.59. The van der Waals surface area contributed by atoms with Crippen LogP contribution in [0.1, 0.15) is 19.4 Å². The van der Waals surface area contributed by atoms with Gasteiger partial charge in [0.25, 0.3) is 0 Å². The molecule has 0 unspecified atom stereocenters. The Morgan fingerprint density at radius 3 is 2.56 bits per heavy atom. The van der Waals surface area contributed by atoms with Gasteiger partial charge in [-0.1, -0.05) is 6.07 Å². The van der Waals surface area contributed by atoms with Crippen molar-refractivity contribution >= 4 is 11.6 Å². The first kappa shape index (κ1) is 12.5. The fraction of sp³-hybridized carbons (Fsp3) is 0.417. The maximum Gasteiger partial charge on any atom is 0.244 e. The quantitative estimate of drug-likeness (QED) is 0.681. The molecule has 4 nitrogen and oxygen atoms in total. The Morgan fingerprint density at radius 1 is 1.38 bits per heavy atom. The van der Waals surface area contributed by atoms with Crippen LogP contribution < -0.4 is 10.6 Å². The van der Waals surface area contributed by atoms with Crippen molar-refractivity contribution in [3.63, 3.8) is 0 Å². The van der Waals surface area contributed by atoms with Crippen LogP contribution in [0.2, 0.25) is 0 Å². The first-order chi connectivity index (χ1) is 7.36. The van der Waals surface area contributed by atoms with Gasteiger partial charge in [-0.05, 0) is 45.5 Å². The summed E-state index contributed by atoms with van der Waals surface area (Å²) in [6.45, 7) is 5.45. The van der Waals surface area contributed by atoms with Crippen LogP contribution in [-0.4, -0.2) is 23.6 Å². The summed E-state index contributed by atoms with van der Waals surface area (Å²) < 4.78 is 0. The monoisotopic (exact) mass is 222 g/mol. The third-order valence-corrected chi connectivity index (χ3v) is 2.59. The van der Waals surface area contributed by atoms with E-state index in [9.17, 15) is 9.90 Å². The number of aryl methyl sites for hydroxylation is 1. The number of amides is 1. The largest absolute Gasteiger partial charge is 0.506 e. The molecular formula is C12H18N2O2. The second kappa shape index (κ2) is 4.53. The normalized spacial score (nSPS) is 11.2. The van der Waals surface area contributed by atoms with Crippen LogP contribution in [0.25, 0.3) is 0 Å². The Bertz CT molecular complexity index is 400. The van der Waals surface area contributed by atoms with Crippen molar-refractivity contribution < 1.29 is 9.90 Å². The smallest absolute Gasteiger partial charge is 0.244 e. The molecule has 0 fully saturated rings. The maximum absolute atomic E-state index is 11.8. The molecule has 0 radical (unpaired) electrons. The lowest BCUT2D eigenvalue weighted by molar-refractivity contribution is -0.121. The van der Waals surface area contributed by atoms with Crippen LogP contribution in [0.4, 0.5) is 5.69 Å². The average Bonchev–Trinajstić information content (AvgIpc) is 2.23. The second-order valence-electron chi connectivity index (χ2n) is 4.35. The number of phenolic OH excluding ortho intramolecular Hbond substituents is 1. The predicted octanol–water partition coefficient (Wildman–Crippen LogP) is 1.64. The summed E-state index contributed by atoms with van der Waals surface area (Å²) in [4.78, 5) is 11.8. The zero-order chi connectivity index (χ0) is 12.3. The number of carbonyl (C=O) groups is 1. The molecule has 1 amide bonds. The number of anilines is 1. The molecule has 3 N–H and O–H groups in total. The first-order valence-corrected chi connectivity index (χ1v) is 5.17. The minimum atomic E-state index is -0.670. The molecule has 0 saturated carbocycles. The highest BCUT2D eigenvalue weighted by molar-refractivity contribution is 5.98. The molecule has 0 atom stereocenters. The summed E-state index contributed by atoms with van der Waals surface area (Å²) in [5.74, 6) is -0.109. The van der Waals surface area contributed by atoms with Gasteiger partial charge < -0.3 is 15.7 Å². The van der Waals surface area contributed by atoms with Crippen LogP contribution in [0.15, 0.2) is 18.2 Å². The maximum atomic E-state index is 11.8. The molecule has 16 heavy (non-hydrogen) atoms. The number of likely N-dealkylation sites (N-methyl/N-ethyl adjacent to an activating group) is 1. The van der Waals surface area contributed by atoms with Crippen molar-refractivity contribution in [2.45, 2.75) is 26.3 Å². The standard InChI is InChI=1S/C12H18N2O2/c1-8-5-6-10(15)9(7-8)14-11(16)12(2,3)13-4/h5-7,13,15H,1-4H3,(H,14,16). The molecule has 1 aromatic carbocycles. The number of hydrogen-bond donors (Lipinski definition) is 3. The molecule has 0 aliphatic carbocycles. The molecular weight excluding hydrogens is 204 g/mol. The molecule has 0 heterocycles. The molecule has 0 saturated heterocycles. The van der Waals surface area contributed by atoms with Crippen LogP contribution in [0, 0.1) is 6.92 Å². The van der Waals surface area contributed by atoms with Gasteiger partial charge in [-0.2, -0.15) is 0 Å². The molecule has 0 aliphatic heterocycles. The van der Waals surface area contributed by atoms with Gasteiger partial charge in [0.05, 0.1) is 11.2 Å². The summed E-state index contributed by atoms with van der Waals surface area (Å²) in [5.41, 5.74) is 0.750. The van der Waals surface area contributed by atoms with Crippen molar-refractivity contribution in [1.29, 1.82) is 0 Å². The van der Waals surface area contributed by atoms with Gasteiger partial charge in [-0.15, -0.1) is 0 Å². The van der Waals surface area contributed by atoms with Gasteiger partial charge in [-0.3, -0.25) is 4.79 Å². The molecule has 0 spiro atoms. The van der Waals surface area contributed by atoms with Gasteiger partial charge in [0, 0.05) is 0 Å². The summed E-state index contributed by atoms with van der Waals surface area (Å²) in [6, 6.07) is 5.09. The Kier molecular flexibility index (Phi) is 3.55. The Labute approximate surface area is 95.7 Å². The number of carbonyl (C=O) groups excluding carboxylic acids is 1. The summed E-state index contributed by atoms with van der Waals surface area (Å²) in [7, 11) is 1.72. The zero-order valence-corrected chi connectivity index (χ0v) is 10.1. The van der Waals surface area contributed by atoms with Crippen molar-refractivity contribution in [3.8, 4) is 5.75 Å². The fourth-order valence-corrected chi connectivity index (χ4v) is 1.14. The van der Waals surface area contributed by atoms with E-state index in [4.69, 9.17) is 0 Å². The zero-order valence-electron chi connectivity index (χ0n) is 10.1. The summed E-state index contributed by atoms with van der Waals surface area (Å²) in [5, 5.41) is 15.2. The van der Waals surface area contributed by atoms with E-state index in [1.807, 2.05) is 6.92 Å². The number of benzene rings is 1. The van der Waals surface area contributed by atoms with Gasteiger partial charge in [0.15, 0.2) is 0 Å². The number of phenols is 1. The molecule has 88 valence electrons. The summed E-state index contributed by atoms with van der Waals surface area (Å²) >= 11 is 0. The number of hydrogen-bond acceptors (Lipinski definition) is 3. The second-order valence-corrected chi connectivity index (χ2v) is 4.35. The first-order valence-electron chi connectivity index (χ1n) is 5.17. The lowest BCUT2D eigenvalue weighted by Gasteiger charge is -2.23. The molecule has 1 rings (SSSR count). The van der Waals surface area contributed by atoms with Crippen molar-refractivity contribution in [2.24, 2.45) is 0 Å². The van der Waals surface area contributed by atoms with E-state index in [0.717, 1.165) is 5.56 Å². The lowest BCUT2D eigenvalue weighted by atomic mass is 10.0. The molecule has 0 aromatic heterocycles. The van der Waals surface area contributed by atoms with E-state index in [1.165, 1.54) is 0 Å². The van der Waals surface area contributed by atoms with E-state index >= 15 is 0 Å². The van der Waals surface area contributed by atoms with Crippen molar-refractivity contribution in [2.75, 3.05) is 12.4 Å². The fourth-order valence-electron chi connectivity index (χ4n) is 1.14. The molecule has 4 heteroatoms. The Balaban J connectivity index is 2.89. The van der Waals surface area contributed by atoms with Crippen LogP contribution in [0.3, 0.4) is 0 Å². The van der Waals surface area contributed by atoms with E-state index in [0.29, 0.717) is 5.69 Å². The van der Waals surface area contributed by atoms with E-state index in [-0.39, 0.29) is 11.7 Å². The van der Waals surface area contributed by atoms with Gasteiger partial charge in [0.2, 0.25) is 5.91 Å². The predicted molar refractivity (Wildman–Crippen MR) is 64.6 cm³/mol. The van der Waals surface area contributed by atoms with Crippen LogP contribution >= 0.6 is 0 Å². The number of rotatable bonds is 3. The van der Waals surface area contributed by atoms with Gasteiger partial charge in [0.1, 0.15) is 5.75 Å². The van der Waals surface area contributed by atoms with Gasteiger partial charge >= 0.3 is 0 Å². The third kappa shape index (κ3) is 2.73. The highest BCUT2D eigenvalue weighted by Gasteiger charge is 2.25. The highest BCUT2D eigenvalue weighted by Crippen LogP contribution is 2.24. The minimum Gasteiger partial charge on any atom is -0.506 e. The van der Waals surface area contributed by atoms with Crippen LogP contribution in [-0.2, 0) is 4.79 Å². The van der Waals surface area contributed by atoms with Crippen molar-refractivity contribution in [3.05, 3.63) is 23.8 Å². The summed E-state index contributed by atoms with van der Waals surface area (Å²) in [6.07, 6.45) is 0. The lowest BCUT2D eigenvalue weighted by Crippen LogP contribution is -2.47. The molecule has 0 bridgehead atoms. The van der Waals surface area contributed by atoms with E-state index in [1.54, 1.807) is 39.1 Å². The van der Waals surface area contributed by atoms with Crippen LogP contribution in [0.5, 0.6) is 5.75 Å². The van der Waals surface area contributed by atoms with E-state index < -0.39 is 5.54 Å². The SMILES string of the molecule is CNC(C)(C)C(=O)Nc1cc(C)ccc1O. The highest BCUT2D eigenvalue weighted by atomic mass is 16.3. The topological polar surface area (TPSA) is 61.4 Å². The molecule has 1 aromatic rings. The van der Waals surface area contributed by atoms with Gasteiger partial charge in [-0.25, -0.2) is 0 Å². The average molecular weight is 222 g/mol.